The zero-order chi connectivity index (χ0) is 20.1. The Labute approximate surface area is 163 Å². The molecule has 3 N–H and O–H groups in total. The Bertz CT molecular complexity index is 924. The van der Waals surface area contributed by atoms with Crippen molar-refractivity contribution >= 4 is 23.5 Å². The summed E-state index contributed by atoms with van der Waals surface area (Å²) in [5.74, 6) is -2.35. The number of carbonyl (C=O) groups is 3. The molecule has 144 valence electrons. The van der Waals surface area contributed by atoms with Gasteiger partial charge in [-0.3, -0.25) is 19.8 Å². The fourth-order valence-electron chi connectivity index (χ4n) is 2.97. The smallest absolute Gasteiger partial charge is 0.304 e. The summed E-state index contributed by atoms with van der Waals surface area (Å²) < 4.78 is 0. The van der Waals surface area contributed by atoms with E-state index >= 15 is 0 Å². The monoisotopic (exact) mass is 378 g/mol. The van der Waals surface area contributed by atoms with Crippen molar-refractivity contribution in [2.45, 2.75) is 20.4 Å². The van der Waals surface area contributed by atoms with Crippen LogP contribution in [0.2, 0.25) is 0 Å². The van der Waals surface area contributed by atoms with Crippen molar-refractivity contribution in [3.8, 4) is 0 Å². The average molecular weight is 378 g/mol. The summed E-state index contributed by atoms with van der Waals surface area (Å²) in [5, 5.41) is 2.27. The van der Waals surface area contributed by atoms with Crippen molar-refractivity contribution < 1.29 is 14.4 Å². The Morgan fingerprint density at radius 2 is 1.75 bits per heavy atom. The summed E-state index contributed by atoms with van der Waals surface area (Å²) in [7, 11) is 0. The molecule has 7 heteroatoms. The number of hydrogen-bond acceptors (Lipinski definition) is 5. The van der Waals surface area contributed by atoms with Crippen LogP contribution in [0.1, 0.15) is 18.1 Å². The van der Waals surface area contributed by atoms with Gasteiger partial charge in [0, 0.05) is 5.70 Å². The molecule has 0 saturated carbocycles. The molecule has 0 bridgehead atoms. The highest BCUT2D eigenvalue weighted by atomic mass is 16.2. The van der Waals surface area contributed by atoms with Gasteiger partial charge in [-0.2, -0.15) is 0 Å². The van der Waals surface area contributed by atoms with Crippen LogP contribution in [0.3, 0.4) is 0 Å². The second kappa shape index (κ2) is 8.39. The highest BCUT2D eigenvalue weighted by molar-refractivity contribution is 6.17. The van der Waals surface area contributed by atoms with Gasteiger partial charge in [0.15, 0.2) is 5.92 Å². The van der Waals surface area contributed by atoms with Crippen LogP contribution in [-0.4, -0.2) is 22.7 Å². The number of hydrazine groups is 1. The number of rotatable bonds is 6. The number of allylic oxidation sites excluding steroid dienone is 1. The Kier molecular flexibility index (Phi) is 5.74. The van der Waals surface area contributed by atoms with Gasteiger partial charge >= 0.3 is 6.03 Å². The third kappa shape index (κ3) is 4.03. The maximum atomic E-state index is 13.0. The number of para-hydroxylation sites is 1. The molecule has 2 aromatic carbocycles. The normalized spacial score (nSPS) is 17.4. The van der Waals surface area contributed by atoms with E-state index < -0.39 is 23.8 Å². The van der Waals surface area contributed by atoms with Crippen LogP contribution in [0.4, 0.5) is 10.5 Å². The first-order chi connectivity index (χ1) is 13.5. The van der Waals surface area contributed by atoms with Gasteiger partial charge in [-0.1, -0.05) is 54.6 Å². The summed E-state index contributed by atoms with van der Waals surface area (Å²) in [6.07, 6.45) is 1.64. The zero-order valence-corrected chi connectivity index (χ0v) is 15.7. The first-order valence-corrected chi connectivity index (χ1v) is 8.95. The lowest BCUT2D eigenvalue weighted by Crippen LogP contribution is -2.59. The van der Waals surface area contributed by atoms with E-state index in [2.05, 4.69) is 16.2 Å². The summed E-state index contributed by atoms with van der Waals surface area (Å²) in [6.45, 7) is 3.76. The van der Waals surface area contributed by atoms with Gasteiger partial charge in [0.2, 0.25) is 11.8 Å². The summed E-state index contributed by atoms with van der Waals surface area (Å²) in [6, 6.07) is 16.1. The number of imide groups is 2. The first kappa shape index (κ1) is 19.2. The number of amides is 4. The number of barbiturate groups is 1. The molecule has 1 heterocycles. The molecular weight excluding hydrogens is 356 g/mol. The minimum atomic E-state index is -1.14. The minimum absolute atomic E-state index is 0.0947. The number of anilines is 1. The van der Waals surface area contributed by atoms with Gasteiger partial charge in [0.1, 0.15) is 0 Å². The molecule has 1 atom stereocenters. The van der Waals surface area contributed by atoms with E-state index in [0.717, 1.165) is 21.7 Å². The number of hydrogen-bond donors (Lipinski definition) is 3. The van der Waals surface area contributed by atoms with Crippen LogP contribution in [0.5, 0.6) is 0 Å². The third-order valence-corrected chi connectivity index (χ3v) is 4.54. The zero-order valence-electron chi connectivity index (χ0n) is 15.7. The topological polar surface area (TPSA) is 90.5 Å². The van der Waals surface area contributed by atoms with Gasteiger partial charge in [-0.15, -0.1) is 0 Å². The SMILES string of the molecule is C/C=C(/NNc1ccccc1C)[C@@H]1C(=O)NC(=O)N(Cc2ccccc2)C1=O. The lowest BCUT2D eigenvalue weighted by atomic mass is 10.00. The van der Waals surface area contributed by atoms with Crippen LogP contribution in [0, 0.1) is 12.8 Å². The Morgan fingerprint density at radius 1 is 1.07 bits per heavy atom. The molecule has 1 saturated heterocycles. The van der Waals surface area contributed by atoms with Crippen molar-refractivity contribution in [1.82, 2.24) is 15.6 Å². The van der Waals surface area contributed by atoms with E-state index in [4.69, 9.17) is 0 Å². The van der Waals surface area contributed by atoms with Gasteiger partial charge < -0.3 is 10.9 Å². The highest BCUT2D eigenvalue weighted by Crippen LogP contribution is 2.20. The summed E-state index contributed by atoms with van der Waals surface area (Å²) in [4.78, 5) is 38.6. The molecule has 1 aliphatic heterocycles. The molecule has 3 rings (SSSR count). The van der Waals surface area contributed by atoms with Gasteiger partial charge in [-0.05, 0) is 31.0 Å². The Hall–Kier alpha value is -3.61. The van der Waals surface area contributed by atoms with Crippen LogP contribution >= 0.6 is 0 Å². The van der Waals surface area contributed by atoms with Crippen LogP contribution in [0.15, 0.2) is 66.4 Å². The van der Waals surface area contributed by atoms with Crippen LogP contribution < -0.4 is 16.2 Å². The number of nitrogens with one attached hydrogen (secondary N) is 3. The highest BCUT2D eigenvalue weighted by Gasteiger charge is 2.42. The second-order valence-electron chi connectivity index (χ2n) is 6.45. The van der Waals surface area contributed by atoms with Gasteiger partial charge in [-0.25, -0.2) is 4.79 Å². The molecule has 0 radical (unpaired) electrons. The van der Waals surface area contributed by atoms with Crippen molar-refractivity contribution in [3.63, 3.8) is 0 Å². The molecule has 0 aliphatic carbocycles. The minimum Gasteiger partial charge on any atom is -0.304 e. The fraction of sp³-hybridized carbons (Fsp3) is 0.190. The van der Waals surface area contributed by atoms with Crippen molar-refractivity contribution in [3.05, 3.63) is 77.5 Å². The molecule has 1 fully saturated rings. The maximum absolute atomic E-state index is 13.0. The van der Waals surface area contributed by atoms with Crippen LogP contribution in [-0.2, 0) is 16.1 Å². The fourth-order valence-corrected chi connectivity index (χ4v) is 2.97. The van der Waals surface area contributed by atoms with Crippen LogP contribution in [0.25, 0.3) is 0 Å². The Balaban J connectivity index is 1.78. The quantitative estimate of drug-likeness (QED) is 0.531. The maximum Gasteiger partial charge on any atom is 0.331 e. The second-order valence-corrected chi connectivity index (χ2v) is 6.45. The number of carbonyl (C=O) groups excluding carboxylic acids is 3. The molecule has 4 amide bonds. The third-order valence-electron chi connectivity index (χ3n) is 4.54. The molecule has 2 aromatic rings. The number of benzene rings is 2. The van der Waals surface area contributed by atoms with E-state index in [0.29, 0.717) is 5.70 Å². The molecule has 0 spiro atoms. The molecule has 0 unspecified atom stereocenters. The predicted octanol–water partition coefficient (Wildman–Crippen LogP) is 2.71. The van der Waals surface area contributed by atoms with E-state index in [1.54, 1.807) is 13.0 Å². The van der Waals surface area contributed by atoms with Crippen molar-refractivity contribution in [2.75, 3.05) is 5.43 Å². The lowest BCUT2D eigenvalue weighted by molar-refractivity contribution is -0.141. The van der Waals surface area contributed by atoms with E-state index in [9.17, 15) is 14.4 Å². The van der Waals surface area contributed by atoms with Crippen molar-refractivity contribution in [2.24, 2.45) is 5.92 Å². The van der Waals surface area contributed by atoms with E-state index in [-0.39, 0.29) is 6.54 Å². The predicted molar refractivity (Wildman–Crippen MR) is 106 cm³/mol. The van der Waals surface area contributed by atoms with Gasteiger partial charge in [0.25, 0.3) is 0 Å². The lowest BCUT2D eigenvalue weighted by Gasteiger charge is -2.31. The largest absolute Gasteiger partial charge is 0.331 e. The molecule has 0 aromatic heterocycles. The standard InChI is InChI=1S/C21H22N4O3/c1-3-16(23-24-17-12-8-7-9-14(17)2)18-19(26)22-21(28)25(20(18)27)13-15-10-5-4-6-11-15/h3-12,18,23-24H,13H2,1-2H3,(H,22,26,28)/b16-3+/t18-/m1/s1. The summed E-state index contributed by atoms with van der Waals surface area (Å²) in [5.41, 5.74) is 8.97. The first-order valence-electron chi connectivity index (χ1n) is 8.95. The van der Waals surface area contributed by atoms with E-state index in [1.165, 1.54) is 0 Å². The number of aryl methyl sites for hydroxylation is 1. The van der Waals surface area contributed by atoms with Gasteiger partial charge in [0.05, 0.1) is 12.2 Å². The van der Waals surface area contributed by atoms with E-state index in [1.807, 2.05) is 61.5 Å². The van der Waals surface area contributed by atoms with Crippen molar-refractivity contribution in [1.29, 1.82) is 0 Å². The Morgan fingerprint density at radius 3 is 2.43 bits per heavy atom. The molecule has 7 nitrogen and oxygen atoms in total. The number of urea groups is 1. The number of nitrogens with zero attached hydrogens (tertiary/aromatic N) is 1. The molecular formula is C21H22N4O3. The summed E-state index contributed by atoms with van der Waals surface area (Å²) >= 11 is 0. The molecule has 28 heavy (non-hydrogen) atoms. The molecule has 1 aliphatic rings. The average Bonchev–Trinajstić information content (AvgIpc) is 2.69.